The topological polar surface area (TPSA) is 167 Å². The first-order valence-electron chi connectivity index (χ1n) is 22.1. The Bertz CT molecular complexity index is 1650. The van der Waals surface area contributed by atoms with Gasteiger partial charge in [-0.1, -0.05) is 85.6 Å². The van der Waals surface area contributed by atoms with Crippen LogP contribution in [0.15, 0.2) is 48.5 Å². The predicted octanol–water partition coefficient (Wildman–Crippen LogP) is 8.67. The van der Waals surface area contributed by atoms with Gasteiger partial charge in [0.15, 0.2) is 0 Å². The number of rotatable bonds is 21. The molecule has 13 heteroatoms. The quantitative estimate of drug-likeness (QED) is 0.0888. The average Bonchev–Trinajstić information content (AvgIpc) is 3.17. The van der Waals surface area contributed by atoms with Crippen molar-refractivity contribution in [1.82, 2.24) is 20.4 Å². The van der Waals surface area contributed by atoms with E-state index < -0.39 is 23.8 Å². The van der Waals surface area contributed by atoms with E-state index in [0.29, 0.717) is 42.2 Å². The Morgan fingerprint density at radius 3 is 1.84 bits per heavy atom. The summed E-state index contributed by atoms with van der Waals surface area (Å²) < 4.78 is 15.8. The minimum Gasteiger partial charge on any atom is -0.481 e. The summed E-state index contributed by atoms with van der Waals surface area (Å²) in [4.78, 5) is 51.7. The van der Waals surface area contributed by atoms with E-state index in [1.807, 2.05) is 52.2 Å². The maximum atomic E-state index is 12.4. The number of esters is 1. The molecule has 2 aromatic rings. The van der Waals surface area contributed by atoms with Gasteiger partial charge in [-0.3, -0.25) is 14.5 Å². The van der Waals surface area contributed by atoms with Crippen molar-refractivity contribution in [2.75, 3.05) is 54.9 Å². The highest BCUT2D eigenvalue weighted by Gasteiger charge is 2.41. The van der Waals surface area contributed by atoms with Crippen LogP contribution in [0.3, 0.4) is 0 Å². The maximum Gasteiger partial charge on any atom is 0.412 e. The molecule has 344 valence electrons. The molecule has 0 aliphatic heterocycles. The van der Waals surface area contributed by atoms with Gasteiger partial charge in [-0.25, -0.2) is 9.59 Å². The molecule has 1 saturated carbocycles. The summed E-state index contributed by atoms with van der Waals surface area (Å²) >= 11 is 0. The summed E-state index contributed by atoms with van der Waals surface area (Å²) in [5.41, 5.74) is 0.813. The molecule has 1 aliphatic rings. The first-order chi connectivity index (χ1) is 28.7. The highest BCUT2D eigenvalue weighted by Crippen LogP contribution is 2.43. The monoisotopic (exact) mass is 855 g/mol. The van der Waals surface area contributed by atoms with Crippen molar-refractivity contribution in [2.45, 2.75) is 117 Å². The molecule has 1 fully saturated rings. The third-order valence-electron chi connectivity index (χ3n) is 11.8. The highest BCUT2D eigenvalue weighted by atomic mass is 16.6. The van der Waals surface area contributed by atoms with Crippen molar-refractivity contribution < 1.29 is 43.6 Å². The van der Waals surface area contributed by atoms with Gasteiger partial charge in [0.1, 0.15) is 11.5 Å². The molecule has 0 saturated heterocycles. The number of methoxy groups -OCH3 is 1. The van der Waals surface area contributed by atoms with E-state index in [2.05, 4.69) is 75.2 Å². The number of nitrogens with zero attached hydrogens (tertiary/aromatic N) is 2. The maximum absolute atomic E-state index is 12.4. The van der Waals surface area contributed by atoms with Gasteiger partial charge in [0.25, 0.3) is 0 Å². The first kappa shape index (κ1) is 52.9. The van der Waals surface area contributed by atoms with Gasteiger partial charge in [-0.05, 0) is 125 Å². The number of amides is 2. The number of hydrogen-bond donors (Lipinski definition) is 4. The van der Waals surface area contributed by atoms with Gasteiger partial charge in [-0.2, -0.15) is 0 Å². The highest BCUT2D eigenvalue weighted by molar-refractivity contribution is 5.72. The molecule has 13 nitrogen and oxygen atoms in total. The number of ether oxygens (including phenoxy) is 3. The van der Waals surface area contributed by atoms with Crippen molar-refractivity contribution in [3.05, 3.63) is 59.7 Å². The van der Waals surface area contributed by atoms with Gasteiger partial charge in [-0.15, -0.1) is 0 Å². The second-order valence-corrected chi connectivity index (χ2v) is 18.4. The zero-order chi connectivity index (χ0) is 45.9. The Balaban J connectivity index is 0.000000422. The lowest BCUT2D eigenvalue weighted by Gasteiger charge is -2.43. The van der Waals surface area contributed by atoms with Crippen LogP contribution in [0.25, 0.3) is 0 Å². The number of carboxylic acid groups (broad SMARTS) is 1. The van der Waals surface area contributed by atoms with Gasteiger partial charge in [0, 0.05) is 37.5 Å². The molecule has 0 spiro atoms. The standard InChI is InChI=1S/C25H40N2O5.C23H38N2O4/c1-18(2)13-19(14-23(28)31-5)16-26-24(29)32-22-11-8-10-20(15-22)25(30)12-7-6-9-21(25)17-27(3)4;1-8-23(17(4)5,25(6)7)19-10-9-11-20(14-19)29-22(28)24-15-18(12-16(2)3)13-21(26)27/h8,10-11,15,18-19,21,30H,6-7,9,12-14,16-17H2,1-5H3,(H,26,29);9-11,14,16-18H,8,12-13,15H2,1-7H3,(H,24,28)(H,26,27)/t19-,21-,25+;18-,23?/m10/s1. The smallest absolute Gasteiger partial charge is 0.412 e. The van der Waals surface area contributed by atoms with Crippen LogP contribution in [0.1, 0.15) is 117 Å². The fraction of sp³-hybridized carbons (Fsp3) is 0.667. The van der Waals surface area contributed by atoms with Crippen molar-refractivity contribution in [3.8, 4) is 11.5 Å². The summed E-state index contributed by atoms with van der Waals surface area (Å²) in [5.74, 6) is 0.867. The van der Waals surface area contributed by atoms with Crippen LogP contribution < -0.4 is 20.1 Å². The Morgan fingerprint density at radius 1 is 0.820 bits per heavy atom. The summed E-state index contributed by atoms with van der Waals surface area (Å²) in [6, 6.07) is 14.9. The fourth-order valence-corrected chi connectivity index (χ4v) is 9.10. The largest absolute Gasteiger partial charge is 0.481 e. The second-order valence-electron chi connectivity index (χ2n) is 18.4. The van der Waals surface area contributed by atoms with E-state index in [9.17, 15) is 24.3 Å². The van der Waals surface area contributed by atoms with Gasteiger partial charge in [0.05, 0.1) is 19.1 Å². The normalized spacial score (nSPS) is 18.5. The molecule has 0 aromatic heterocycles. The molecule has 2 aromatic carbocycles. The molecule has 1 aliphatic carbocycles. The number of carbonyl (C=O) groups excluding carboxylic acids is 3. The number of nitrogens with one attached hydrogen (secondary N) is 2. The molecule has 0 heterocycles. The Morgan fingerprint density at radius 2 is 1.36 bits per heavy atom. The molecular weight excluding hydrogens is 777 g/mol. The van der Waals surface area contributed by atoms with E-state index in [-0.39, 0.29) is 48.6 Å². The number of aliphatic carboxylic acids is 1. The molecule has 3 rings (SSSR count). The van der Waals surface area contributed by atoms with Crippen molar-refractivity contribution in [3.63, 3.8) is 0 Å². The number of hydrogen-bond acceptors (Lipinski definition) is 10. The minimum atomic E-state index is -0.929. The summed E-state index contributed by atoms with van der Waals surface area (Å²) in [6.07, 6.45) is 5.38. The molecular formula is C48H78N4O9. The average molecular weight is 855 g/mol. The van der Waals surface area contributed by atoms with E-state index in [0.717, 1.165) is 56.2 Å². The fourth-order valence-electron chi connectivity index (χ4n) is 9.10. The lowest BCUT2D eigenvalue weighted by atomic mass is 9.71. The molecule has 0 bridgehead atoms. The molecule has 5 atom stereocenters. The van der Waals surface area contributed by atoms with Crippen LogP contribution in [0, 0.1) is 35.5 Å². The number of benzene rings is 2. The third kappa shape index (κ3) is 17.2. The van der Waals surface area contributed by atoms with Crippen molar-refractivity contribution >= 4 is 24.1 Å². The van der Waals surface area contributed by atoms with Crippen LogP contribution >= 0.6 is 0 Å². The van der Waals surface area contributed by atoms with Gasteiger partial charge >= 0.3 is 24.1 Å². The Hall–Kier alpha value is -4.20. The van der Waals surface area contributed by atoms with Gasteiger partial charge < -0.3 is 40.0 Å². The first-order valence-corrected chi connectivity index (χ1v) is 22.1. The van der Waals surface area contributed by atoms with E-state index in [4.69, 9.17) is 19.3 Å². The van der Waals surface area contributed by atoms with E-state index in [1.165, 1.54) is 7.11 Å². The van der Waals surface area contributed by atoms with Crippen molar-refractivity contribution in [2.24, 2.45) is 35.5 Å². The zero-order valence-electron chi connectivity index (χ0n) is 39.2. The number of carbonyl (C=O) groups is 4. The van der Waals surface area contributed by atoms with Crippen molar-refractivity contribution in [1.29, 1.82) is 0 Å². The number of carboxylic acids is 1. The lowest BCUT2D eigenvalue weighted by molar-refractivity contribution is -0.142. The predicted molar refractivity (Wildman–Crippen MR) is 241 cm³/mol. The van der Waals surface area contributed by atoms with Gasteiger partial charge in [0.2, 0.25) is 0 Å². The lowest BCUT2D eigenvalue weighted by Crippen LogP contribution is -2.45. The van der Waals surface area contributed by atoms with E-state index in [1.54, 1.807) is 18.2 Å². The van der Waals surface area contributed by atoms with E-state index >= 15 is 0 Å². The molecule has 4 N–H and O–H groups in total. The zero-order valence-corrected chi connectivity index (χ0v) is 39.2. The molecule has 0 radical (unpaired) electrons. The minimum absolute atomic E-state index is 0.0175. The molecule has 2 amide bonds. The summed E-state index contributed by atoms with van der Waals surface area (Å²) in [5, 5.41) is 26.1. The van der Waals surface area contributed by atoms with Crippen LogP contribution in [0.4, 0.5) is 9.59 Å². The summed E-state index contributed by atoms with van der Waals surface area (Å²) in [7, 11) is 9.55. The van der Waals surface area contributed by atoms with Crippen LogP contribution in [0.5, 0.6) is 11.5 Å². The van der Waals surface area contributed by atoms with Crippen LogP contribution in [-0.4, -0.2) is 99.1 Å². The molecule has 1 unspecified atom stereocenters. The Labute approximate surface area is 366 Å². The summed E-state index contributed by atoms with van der Waals surface area (Å²) in [6.45, 7) is 16.2. The second kappa shape index (κ2) is 25.7. The molecule has 61 heavy (non-hydrogen) atoms. The Kier molecular flexibility index (Phi) is 22.3. The third-order valence-corrected chi connectivity index (χ3v) is 11.8. The number of aliphatic hydroxyl groups is 1. The van der Waals surface area contributed by atoms with Crippen LogP contribution in [-0.2, 0) is 25.5 Å². The van der Waals surface area contributed by atoms with Crippen LogP contribution in [0.2, 0.25) is 0 Å². The SMILES string of the molecule is CCC(c1cccc(OC(=O)NC[C@H](CC(=O)O)CC(C)C)c1)(C(C)C)N(C)C.COC(=O)C[C@H](CNC(=O)Oc1cccc([C@@]2(O)CCCC[C@@H]2CN(C)C)c1)CC(C)C.